The van der Waals surface area contributed by atoms with Gasteiger partial charge in [-0.3, -0.25) is 0 Å². The summed E-state index contributed by atoms with van der Waals surface area (Å²) in [6, 6.07) is 26.0. The van der Waals surface area contributed by atoms with Crippen molar-refractivity contribution < 1.29 is 9.29 Å². The van der Waals surface area contributed by atoms with Gasteiger partial charge in [-0.1, -0.05) is 54.6 Å². The van der Waals surface area contributed by atoms with E-state index in [2.05, 4.69) is 22.9 Å². The van der Waals surface area contributed by atoms with Crippen molar-refractivity contribution in [2.75, 3.05) is 0 Å². The van der Waals surface area contributed by atoms with Crippen LogP contribution in [0.25, 0.3) is 11.1 Å². The highest BCUT2D eigenvalue weighted by Crippen LogP contribution is 2.35. The molecule has 0 aromatic heterocycles. The van der Waals surface area contributed by atoms with Crippen molar-refractivity contribution in [2.45, 2.75) is 38.5 Å². The zero-order valence-corrected chi connectivity index (χ0v) is 17.6. The summed E-state index contributed by atoms with van der Waals surface area (Å²) < 4.78 is 21.5. The summed E-state index contributed by atoms with van der Waals surface area (Å²) in [4.78, 5) is 0. The lowest BCUT2D eigenvalue weighted by molar-refractivity contribution is 0.484. The zero-order chi connectivity index (χ0) is 20.1. The first-order chi connectivity index (χ1) is 13.3. The summed E-state index contributed by atoms with van der Waals surface area (Å²) in [7, 11) is 0. The van der Waals surface area contributed by atoms with Gasteiger partial charge in [0, 0.05) is 16.9 Å². The van der Waals surface area contributed by atoms with E-state index in [9.17, 15) is 4.55 Å². The number of rotatable bonds is 6. The molecule has 0 saturated heterocycles. The third-order valence-corrected chi connectivity index (χ3v) is 6.08. The number of para-hydroxylation sites is 1. The highest BCUT2D eigenvalue weighted by Gasteiger charge is 2.28. The molecule has 3 nitrogen and oxygen atoms in total. The van der Waals surface area contributed by atoms with Gasteiger partial charge >= 0.3 is 0 Å². The summed E-state index contributed by atoms with van der Waals surface area (Å²) in [5.41, 5.74) is 3.16. The van der Waals surface area contributed by atoms with Crippen molar-refractivity contribution in [1.29, 1.82) is 0 Å². The van der Waals surface area contributed by atoms with E-state index in [4.69, 9.17) is 4.74 Å². The molecule has 28 heavy (non-hydrogen) atoms. The van der Waals surface area contributed by atoms with Crippen molar-refractivity contribution >= 4 is 11.4 Å². The molecule has 0 aliphatic rings. The second-order valence-electron chi connectivity index (χ2n) is 7.76. The molecular formula is C24H27NO2S. The Morgan fingerprint density at radius 1 is 0.893 bits per heavy atom. The summed E-state index contributed by atoms with van der Waals surface area (Å²) in [5, 5.41) is 0. The van der Waals surface area contributed by atoms with E-state index in [1.807, 2.05) is 88.4 Å². The lowest BCUT2D eigenvalue weighted by Gasteiger charge is -2.27. The monoisotopic (exact) mass is 393 g/mol. The molecule has 3 aromatic rings. The molecule has 0 bridgehead atoms. The maximum Gasteiger partial charge on any atom is 0.136 e. The average Bonchev–Trinajstić information content (AvgIpc) is 2.69. The number of hydrogen-bond donors (Lipinski definition) is 1. The van der Waals surface area contributed by atoms with Gasteiger partial charge in [-0.15, -0.1) is 4.72 Å². The van der Waals surface area contributed by atoms with E-state index in [-0.39, 0.29) is 10.8 Å². The van der Waals surface area contributed by atoms with Crippen molar-refractivity contribution in [1.82, 2.24) is 4.72 Å². The molecule has 0 radical (unpaired) electrons. The Labute approximate surface area is 171 Å². The maximum atomic E-state index is 12.5. The summed E-state index contributed by atoms with van der Waals surface area (Å²) in [6.07, 6.45) is 0. The Kier molecular flexibility index (Phi) is 6.45. The summed E-state index contributed by atoms with van der Waals surface area (Å²) >= 11 is -1.14. The van der Waals surface area contributed by atoms with Gasteiger partial charge in [0.15, 0.2) is 0 Å². The maximum absolute atomic E-state index is 12.5. The van der Waals surface area contributed by atoms with Crippen LogP contribution in [-0.4, -0.2) is 9.30 Å². The molecule has 0 heterocycles. The highest BCUT2D eigenvalue weighted by molar-refractivity contribution is 7.90. The van der Waals surface area contributed by atoms with Gasteiger partial charge < -0.3 is 9.29 Å². The quantitative estimate of drug-likeness (QED) is 0.503. The SMILES string of the molecule is C[C@H](N[S@+]([O-])C(C)(C)C)c1ccc(Oc2ccccc2)c(-c2ccccc2)c1. The van der Waals surface area contributed by atoms with E-state index in [1.165, 1.54) is 0 Å². The fourth-order valence-electron chi connectivity index (χ4n) is 2.77. The smallest absolute Gasteiger partial charge is 0.136 e. The lowest BCUT2D eigenvalue weighted by atomic mass is 9.99. The van der Waals surface area contributed by atoms with Crippen molar-refractivity contribution in [3.63, 3.8) is 0 Å². The summed E-state index contributed by atoms with van der Waals surface area (Å²) in [5.74, 6) is 1.60. The number of hydrogen-bond acceptors (Lipinski definition) is 3. The van der Waals surface area contributed by atoms with Crippen LogP contribution in [0.15, 0.2) is 78.9 Å². The molecule has 0 aliphatic heterocycles. The van der Waals surface area contributed by atoms with Gasteiger partial charge in [-0.2, -0.15) is 0 Å². The minimum absolute atomic E-state index is 0.0479. The molecule has 3 aromatic carbocycles. The minimum Gasteiger partial charge on any atom is -0.598 e. The van der Waals surface area contributed by atoms with Crippen LogP contribution in [0.1, 0.15) is 39.3 Å². The average molecular weight is 394 g/mol. The van der Waals surface area contributed by atoms with Gasteiger partial charge in [0.05, 0.1) is 6.04 Å². The fourth-order valence-corrected chi connectivity index (χ4v) is 3.58. The topological polar surface area (TPSA) is 44.3 Å². The second kappa shape index (κ2) is 8.82. The van der Waals surface area contributed by atoms with Crippen LogP contribution in [0.3, 0.4) is 0 Å². The van der Waals surface area contributed by atoms with Crippen LogP contribution in [0.5, 0.6) is 11.5 Å². The molecule has 4 heteroatoms. The third-order valence-electron chi connectivity index (χ3n) is 4.40. The minimum atomic E-state index is -1.14. The number of nitrogens with one attached hydrogen (secondary N) is 1. The molecule has 0 spiro atoms. The van der Waals surface area contributed by atoms with E-state index >= 15 is 0 Å². The molecule has 0 aliphatic carbocycles. The molecule has 2 atom stereocenters. The molecule has 1 N–H and O–H groups in total. The zero-order valence-electron chi connectivity index (χ0n) is 16.8. The Morgan fingerprint density at radius 2 is 1.50 bits per heavy atom. The van der Waals surface area contributed by atoms with Crippen molar-refractivity contribution in [3.8, 4) is 22.6 Å². The molecule has 0 amide bonds. The third kappa shape index (κ3) is 5.16. The van der Waals surface area contributed by atoms with Crippen LogP contribution in [0, 0.1) is 0 Å². The highest BCUT2D eigenvalue weighted by atomic mass is 32.2. The summed E-state index contributed by atoms with van der Waals surface area (Å²) in [6.45, 7) is 7.94. The number of benzene rings is 3. The van der Waals surface area contributed by atoms with E-state index in [0.29, 0.717) is 0 Å². The Bertz CT molecular complexity index is 891. The first-order valence-electron chi connectivity index (χ1n) is 9.45. The molecule has 3 rings (SSSR count). The Morgan fingerprint density at radius 3 is 2.11 bits per heavy atom. The number of ether oxygens (including phenoxy) is 1. The van der Waals surface area contributed by atoms with Gasteiger partial charge in [0.25, 0.3) is 0 Å². The predicted molar refractivity (Wildman–Crippen MR) is 118 cm³/mol. The predicted octanol–water partition coefficient (Wildman–Crippen LogP) is 6.26. The normalized spacial score (nSPS) is 13.8. The largest absolute Gasteiger partial charge is 0.598 e. The molecule has 146 valence electrons. The molecule has 0 unspecified atom stereocenters. The van der Waals surface area contributed by atoms with Crippen LogP contribution < -0.4 is 9.46 Å². The van der Waals surface area contributed by atoms with Gasteiger partial charge in [-0.05, 0) is 63.1 Å². The van der Waals surface area contributed by atoms with E-state index in [0.717, 1.165) is 28.2 Å². The lowest BCUT2D eigenvalue weighted by Crippen LogP contribution is -2.40. The van der Waals surface area contributed by atoms with Gasteiger partial charge in [-0.25, -0.2) is 0 Å². The van der Waals surface area contributed by atoms with E-state index in [1.54, 1.807) is 0 Å². The second-order valence-corrected chi connectivity index (χ2v) is 9.76. The Balaban J connectivity index is 1.94. The first-order valence-corrected chi connectivity index (χ1v) is 10.6. The Hall–Kier alpha value is -2.27. The molecule has 0 saturated carbocycles. The van der Waals surface area contributed by atoms with Crippen LogP contribution >= 0.6 is 0 Å². The van der Waals surface area contributed by atoms with Crippen molar-refractivity contribution in [3.05, 3.63) is 84.4 Å². The van der Waals surface area contributed by atoms with Crippen LogP contribution in [0.2, 0.25) is 0 Å². The molecular weight excluding hydrogens is 366 g/mol. The van der Waals surface area contributed by atoms with Crippen LogP contribution in [0.4, 0.5) is 0 Å². The van der Waals surface area contributed by atoms with Gasteiger partial charge in [0.2, 0.25) is 0 Å². The first kappa shape index (κ1) is 20.5. The van der Waals surface area contributed by atoms with Gasteiger partial charge in [0.1, 0.15) is 16.2 Å². The van der Waals surface area contributed by atoms with E-state index < -0.39 is 11.4 Å². The molecule has 0 fully saturated rings. The standard InChI is InChI=1S/C24H27NO2S/c1-18(25-28(26)24(2,3)4)20-15-16-23(27-21-13-9-6-10-14-21)22(17-20)19-11-7-5-8-12-19/h5-18,25H,1-4H3/t18-,28+/m0/s1. The van der Waals surface area contributed by atoms with Crippen molar-refractivity contribution in [2.24, 2.45) is 0 Å². The van der Waals surface area contributed by atoms with Crippen LogP contribution in [-0.2, 0) is 11.4 Å². The fraction of sp³-hybridized carbons (Fsp3) is 0.250.